The van der Waals surface area contributed by atoms with E-state index in [1.54, 1.807) is 25.1 Å². The minimum Gasteiger partial charge on any atom is -0.497 e. The molecule has 1 aromatic carbocycles. The minimum absolute atomic E-state index is 0.234. The van der Waals surface area contributed by atoms with Crippen molar-refractivity contribution in [1.29, 1.82) is 0 Å². The quantitative estimate of drug-likeness (QED) is 0.783. The van der Waals surface area contributed by atoms with Gasteiger partial charge in [-0.15, -0.1) is 0 Å². The molecule has 0 spiro atoms. The topological polar surface area (TPSA) is 87.0 Å². The second-order valence-electron chi connectivity index (χ2n) is 4.98. The molecule has 24 heavy (non-hydrogen) atoms. The first-order valence-electron chi connectivity index (χ1n) is 7.26. The van der Waals surface area contributed by atoms with E-state index in [-0.39, 0.29) is 11.6 Å². The lowest BCUT2D eigenvalue weighted by molar-refractivity contribution is -0.125. The third-order valence-electron chi connectivity index (χ3n) is 3.27. The van der Waals surface area contributed by atoms with Crippen molar-refractivity contribution in [1.82, 2.24) is 5.32 Å². The van der Waals surface area contributed by atoms with E-state index in [1.165, 1.54) is 32.6 Å². The van der Waals surface area contributed by atoms with Gasteiger partial charge in [-0.2, -0.15) is 0 Å². The van der Waals surface area contributed by atoms with Crippen LogP contribution in [0.4, 0.5) is 0 Å². The maximum atomic E-state index is 12.1. The van der Waals surface area contributed by atoms with Crippen LogP contribution in [0.5, 0.6) is 11.5 Å². The van der Waals surface area contributed by atoms with Gasteiger partial charge in [-0.05, 0) is 31.2 Å². The first kappa shape index (κ1) is 17.4. The van der Waals surface area contributed by atoms with E-state index in [0.717, 1.165) is 0 Å². The molecule has 2 aromatic rings. The molecule has 0 bridgehead atoms. The molecule has 0 aliphatic heterocycles. The Morgan fingerprint density at radius 1 is 1.17 bits per heavy atom. The number of carbonyl (C=O) groups excluding carboxylic acids is 2. The van der Waals surface area contributed by atoms with E-state index >= 15 is 0 Å². The summed E-state index contributed by atoms with van der Waals surface area (Å²) < 4.78 is 20.4. The summed E-state index contributed by atoms with van der Waals surface area (Å²) in [4.78, 5) is 23.9. The molecule has 0 aliphatic carbocycles. The summed E-state index contributed by atoms with van der Waals surface area (Å²) in [5.41, 5.74) is 0.234. The third-order valence-corrected chi connectivity index (χ3v) is 3.27. The number of furan rings is 1. The fraction of sp³-hybridized carbons (Fsp3) is 0.294. The van der Waals surface area contributed by atoms with Crippen LogP contribution in [0.2, 0.25) is 0 Å². The average Bonchev–Trinajstić information content (AvgIpc) is 3.13. The zero-order valence-electron chi connectivity index (χ0n) is 13.7. The standard InChI is InChI=1S/C17H19NO6/c1-11(15-5-4-6-23-15)18-16(19)10-24-17(20)12-7-13(21-2)9-14(8-12)22-3/h4-9,11H,10H2,1-3H3,(H,18,19)/t11-/m0/s1. The number of nitrogens with one attached hydrogen (secondary N) is 1. The molecule has 1 heterocycles. The normalized spacial score (nSPS) is 11.5. The molecule has 0 radical (unpaired) electrons. The van der Waals surface area contributed by atoms with Gasteiger partial charge in [-0.1, -0.05) is 0 Å². The monoisotopic (exact) mass is 333 g/mol. The van der Waals surface area contributed by atoms with Crippen LogP contribution in [0.3, 0.4) is 0 Å². The summed E-state index contributed by atoms with van der Waals surface area (Å²) in [5, 5.41) is 2.67. The molecule has 7 nitrogen and oxygen atoms in total. The van der Waals surface area contributed by atoms with Crippen LogP contribution in [-0.2, 0) is 9.53 Å². The summed E-state index contributed by atoms with van der Waals surface area (Å²) in [6.45, 7) is 1.37. The number of ether oxygens (including phenoxy) is 3. The predicted molar refractivity (Wildman–Crippen MR) is 85.1 cm³/mol. The van der Waals surface area contributed by atoms with Gasteiger partial charge in [-0.25, -0.2) is 4.79 Å². The van der Waals surface area contributed by atoms with Crippen LogP contribution in [0.25, 0.3) is 0 Å². The molecule has 0 aliphatic rings. The molecule has 0 saturated carbocycles. The van der Waals surface area contributed by atoms with Crippen LogP contribution in [0, 0.1) is 0 Å². The number of hydrogen-bond donors (Lipinski definition) is 1. The van der Waals surface area contributed by atoms with Gasteiger partial charge in [-0.3, -0.25) is 4.79 Å². The van der Waals surface area contributed by atoms with Gasteiger partial charge < -0.3 is 23.9 Å². The van der Waals surface area contributed by atoms with Gasteiger partial charge in [0, 0.05) is 6.07 Å². The Labute approximate surface area is 139 Å². The fourth-order valence-electron chi connectivity index (χ4n) is 2.03. The lowest BCUT2D eigenvalue weighted by Crippen LogP contribution is -2.31. The summed E-state index contributed by atoms with van der Waals surface area (Å²) in [6, 6.07) is 7.81. The van der Waals surface area contributed by atoms with Crippen molar-refractivity contribution >= 4 is 11.9 Å². The molecule has 1 amide bonds. The van der Waals surface area contributed by atoms with Crippen molar-refractivity contribution in [2.45, 2.75) is 13.0 Å². The second-order valence-corrected chi connectivity index (χ2v) is 4.98. The Hall–Kier alpha value is -2.96. The molecule has 2 rings (SSSR count). The number of esters is 1. The second kappa shape index (κ2) is 8.05. The number of hydrogen-bond acceptors (Lipinski definition) is 6. The number of methoxy groups -OCH3 is 2. The van der Waals surface area contributed by atoms with Gasteiger partial charge in [0.15, 0.2) is 6.61 Å². The van der Waals surface area contributed by atoms with Crippen molar-refractivity contribution in [3.8, 4) is 11.5 Å². The molecule has 0 saturated heterocycles. The maximum absolute atomic E-state index is 12.1. The SMILES string of the molecule is COc1cc(OC)cc(C(=O)OCC(=O)N[C@@H](C)c2ccco2)c1. The van der Waals surface area contributed by atoms with Crippen molar-refractivity contribution in [3.05, 3.63) is 47.9 Å². The highest BCUT2D eigenvalue weighted by molar-refractivity contribution is 5.92. The van der Waals surface area contributed by atoms with E-state index in [4.69, 9.17) is 18.6 Å². The molecular weight excluding hydrogens is 314 g/mol. The van der Waals surface area contributed by atoms with Gasteiger partial charge in [0.1, 0.15) is 17.3 Å². The first-order chi connectivity index (χ1) is 11.5. The van der Waals surface area contributed by atoms with E-state index in [1.807, 2.05) is 0 Å². The Balaban J connectivity index is 1.91. The Morgan fingerprint density at radius 2 is 1.83 bits per heavy atom. The lowest BCUT2D eigenvalue weighted by atomic mass is 10.2. The molecule has 7 heteroatoms. The Kier molecular flexibility index (Phi) is 5.83. The highest BCUT2D eigenvalue weighted by Crippen LogP contribution is 2.23. The van der Waals surface area contributed by atoms with Crippen LogP contribution in [0.15, 0.2) is 41.0 Å². The molecule has 0 unspecified atom stereocenters. The fourth-order valence-corrected chi connectivity index (χ4v) is 2.03. The third kappa shape index (κ3) is 4.52. The molecule has 1 atom stereocenters. The number of benzene rings is 1. The van der Waals surface area contributed by atoms with E-state index in [2.05, 4.69) is 5.32 Å². The summed E-state index contributed by atoms with van der Waals surface area (Å²) in [7, 11) is 2.96. The van der Waals surface area contributed by atoms with Gasteiger partial charge in [0.25, 0.3) is 5.91 Å². The number of carbonyl (C=O) groups is 2. The van der Waals surface area contributed by atoms with Crippen LogP contribution >= 0.6 is 0 Å². The smallest absolute Gasteiger partial charge is 0.338 e. The van der Waals surface area contributed by atoms with E-state index in [0.29, 0.717) is 17.3 Å². The summed E-state index contributed by atoms with van der Waals surface area (Å²) in [5.74, 6) is 0.455. The molecule has 128 valence electrons. The van der Waals surface area contributed by atoms with Crippen molar-refractivity contribution in [2.24, 2.45) is 0 Å². The first-order valence-corrected chi connectivity index (χ1v) is 7.26. The largest absolute Gasteiger partial charge is 0.497 e. The van der Waals surface area contributed by atoms with Gasteiger partial charge >= 0.3 is 5.97 Å². The number of amides is 1. The Bertz CT molecular complexity index is 673. The molecule has 1 aromatic heterocycles. The zero-order chi connectivity index (χ0) is 17.5. The number of rotatable bonds is 7. The zero-order valence-corrected chi connectivity index (χ0v) is 13.7. The van der Waals surface area contributed by atoms with Crippen molar-refractivity contribution < 1.29 is 28.2 Å². The Morgan fingerprint density at radius 3 is 2.38 bits per heavy atom. The highest BCUT2D eigenvalue weighted by Gasteiger charge is 2.16. The van der Waals surface area contributed by atoms with Crippen LogP contribution in [0.1, 0.15) is 29.1 Å². The van der Waals surface area contributed by atoms with E-state index < -0.39 is 18.5 Å². The lowest BCUT2D eigenvalue weighted by Gasteiger charge is -2.12. The van der Waals surface area contributed by atoms with Gasteiger partial charge in [0.05, 0.1) is 32.1 Å². The van der Waals surface area contributed by atoms with Crippen molar-refractivity contribution in [2.75, 3.05) is 20.8 Å². The van der Waals surface area contributed by atoms with E-state index in [9.17, 15) is 9.59 Å². The summed E-state index contributed by atoms with van der Waals surface area (Å²) in [6.07, 6.45) is 1.52. The predicted octanol–water partition coefficient (Wildman–Crippen LogP) is 2.33. The minimum atomic E-state index is -0.645. The molecule has 1 N–H and O–H groups in total. The molecule has 0 fully saturated rings. The average molecular weight is 333 g/mol. The maximum Gasteiger partial charge on any atom is 0.338 e. The highest BCUT2D eigenvalue weighted by atomic mass is 16.5. The van der Waals surface area contributed by atoms with Crippen LogP contribution in [-0.4, -0.2) is 32.7 Å². The molecular formula is C17H19NO6. The van der Waals surface area contributed by atoms with Gasteiger partial charge in [0.2, 0.25) is 0 Å². The van der Waals surface area contributed by atoms with Crippen LogP contribution < -0.4 is 14.8 Å². The van der Waals surface area contributed by atoms with Crippen molar-refractivity contribution in [3.63, 3.8) is 0 Å². The summed E-state index contributed by atoms with van der Waals surface area (Å²) >= 11 is 0.